The predicted octanol–water partition coefficient (Wildman–Crippen LogP) is 2.77. The molecule has 0 saturated carbocycles. The molecule has 1 aromatic heterocycles. The molecule has 0 aliphatic rings. The van der Waals surface area contributed by atoms with E-state index in [4.69, 9.17) is 11.6 Å². The second kappa shape index (κ2) is 5.89. The molecule has 3 nitrogen and oxygen atoms in total. The first-order valence-corrected chi connectivity index (χ1v) is 5.97. The van der Waals surface area contributed by atoms with Crippen LogP contribution >= 0.6 is 11.6 Å². The van der Waals surface area contributed by atoms with Gasteiger partial charge in [0.1, 0.15) is 5.82 Å². The molecular formula is C13H13ClFN3. The van der Waals surface area contributed by atoms with Crippen LogP contribution < -0.4 is 5.32 Å². The summed E-state index contributed by atoms with van der Waals surface area (Å²) in [6, 6.07) is 6.51. The average Bonchev–Trinajstić information content (AvgIpc) is 2.40. The lowest BCUT2D eigenvalue weighted by Crippen LogP contribution is -2.19. The van der Waals surface area contributed by atoms with Gasteiger partial charge in [0, 0.05) is 22.8 Å². The molecule has 1 unspecified atom stereocenters. The van der Waals surface area contributed by atoms with E-state index in [0.29, 0.717) is 17.0 Å². The van der Waals surface area contributed by atoms with E-state index in [0.717, 1.165) is 5.56 Å². The van der Waals surface area contributed by atoms with E-state index in [-0.39, 0.29) is 11.9 Å². The van der Waals surface area contributed by atoms with E-state index in [1.165, 1.54) is 6.07 Å². The molecule has 0 spiro atoms. The van der Waals surface area contributed by atoms with Crippen molar-refractivity contribution in [3.8, 4) is 0 Å². The molecule has 2 aromatic rings. The quantitative estimate of drug-likeness (QED) is 0.924. The molecule has 1 heterocycles. The average molecular weight is 266 g/mol. The molecule has 0 saturated heterocycles. The minimum atomic E-state index is -0.287. The maximum Gasteiger partial charge on any atom is 0.127 e. The number of halogens is 2. The highest BCUT2D eigenvalue weighted by Gasteiger charge is 2.15. The van der Waals surface area contributed by atoms with Crippen LogP contribution in [0.25, 0.3) is 0 Å². The lowest BCUT2D eigenvalue weighted by atomic mass is 10.0. The van der Waals surface area contributed by atoms with Crippen molar-refractivity contribution in [3.63, 3.8) is 0 Å². The summed E-state index contributed by atoms with van der Waals surface area (Å²) < 4.78 is 13.7. The fourth-order valence-electron chi connectivity index (χ4n) is 1.83. The van der Waals surface area contributed by atoms with Crippen molar-refractivity contribution in [1.82, 2.24) is 15.5 Å². The Morgan fingerprint density at radius 1 is 1.33 bits per heavy atom. The Morgan fingerprint density at radius 2 is 2.17 bits per heavy atom. The van der Waals surface area contributed by atoms with Crippen molar-refractivity contribution in [3.05, 3.63) is 58.6 Å². The Kier molecular flexibility index (Phi) is 4.23. The molecule has 0 amide bonds. The summed E-state index contributed by atoms with van der Waals surface area (Å²) in [5, 5.41) is 11.1. The maximum absolute atomic E-state index is 13.7. The molecular weight excluding hydrogens is 253 g/mol. The monoisotopic (exact) mass is 265 g/mol. The number of hydrogen-bond acceptors (Lipinski definition) is 3. The lowest BCUT2D eigenvalue weighted by Gasteiger charge is -2.17. The van der Waals surface area contributed by atoms with Crippen LogP contribution in [0.2, 0.25) is 5.02 Å². The Balaban J connectivity index is 2.26. The topological polar surface area (TPSA) is 37.8 Å². The zero-order chi connectivity index (χ0) is 13.0. The first-order chi connectivity index (χ1) is 8.72. The van der Waals surface area contributed by atoms with Crippen molar-refractivity contribution < 1.29 is 4.39 Å². The van der Waals surface area contributed by atoms with Crippen molar-refractivity contribution in [2.75, 3.05) is 7.05 Å². The molecule has 0 aliphatic heterocycles. The molecule has 2 rings (SSSR count). The molecule has 1 atom stereocenters. The van der Waals surface area contributed by atoms with Gasteiger partial charge < -0.3 is 5.32 Å². The molecule has 0 radical (unpaired) electrons. The Morgan fingerprint density at radius 3 is 2.78 bits per heavy atom. The highest BCUT2D eigenvalue weighted by molar-refractivity contribution is 6.31. The molecule has 94 valence electrons. The summed E-state index contributed by atoms with van der Waals surface area (Å²) in [5.41, 5.74) is 1.46. The van der Waals surface area contributed by atoms with Crippen LogP contribution in [0.5, 0.6) is 0 Å². The fourth-order valence-corrected chi connectivity index (χ4v) is 2.07. The summed E-state index contributed by atoms with van der Waals surface area (Å²) in [5.74, 6) is -0.287. The number of nitrogens with one attached hydrogen (secondary N) is 1. The zero-order valence-corrected chi connectivity index (χ0v) is 10.7. The third kappa shape index (κ3) is 2.83. The normalized spacial score (nSPS) is 12.4. The van der Waals surface area contributed by atoms with E-state index in [9.17, 15) is 4.39 Å². The fraction of sp³-hybridized carbons (Fsp3) is 0.231. The van der Waals surface area contributed by atoms with Gasteiger partial charge in [-0.2, -0.15) is 10.2 Å². The second-order valence-corrected chi connectivity index (χ2v) is 4.33. The van der Waals surface area contributed by atoms with Crippen molar-refractivity contribution in [1.29, 1.82) is 0 Å². The summed E-state index contributed by atoms with van der Waals surface area (Å²) in [4.78, 5) is 0. The SMILES string of the molecule is CNC(Cc1c(F)cccc1Cl)c1ccnnc1. The van der Waals surface area contributed by atoms with Crippen molar-refractivity contribution in [2.45, 2.75) is 12.5 Å². The standard InChI is InChI=1S/C13H13ClFN3/c1-16-13(9-5-6-17-18-8-9)7-10-11(14)3-2-4-12(10)15/h2-6,8,13,16H,7H2,1H3. The third-order valence-electron chi connectivity index (χ3n) is 2.83. The number of rotatable bonds is 4. The van der Waals surface area contributed by atoms with Crippen molar-refractivity contribution in [2.24, 2.45) is 0 Å². The zero-order valence-electron chi connectivity index (χ0n) is 9.90. The van der Waals surface area contributed by atoms with Gasteiger partial charge in [-0.3, -0.25) is 0 Å². The summed E-state index contributed by atoms with van der Waals surface area (Å²) >= 11 is 6.02. The van der Waals surface area contributed by atoms with Gasteiger partial charge in [-0.15, -0.1) is 0 Å². The number of aromatic nitrogens is 2. The number of nitrogens with zero attached hydrogens (tertiary/aromatic N) is 2. The van der Waals surface area contributed by atoms with Crippen LogP contribution in [0.15, 0.2) is 36.7 Å². The van der Waals surface area contributed by atoms with E-state index in [1.54, 1.807) is 24.5 Å². The number of likely N-dealkylation sites (N-methyl/N-ethyl adjacent to an activating group) is 1. The lowest BCUT2D eigenvalue weighted by molar-refractivity contribution is 0.552. The van der Waals surface area contributed by atoms with Gasteiger partial charge in [0.2, 0.25) is 0 Å². The molecule has 0 aliphatic carbocycles. The molecule has 5 heteroatoms. The molecule has 0 fully saturated rings. The van der Waals surface area contributed by atoms with Crippen molar-refractivity contribution >= 4 is 11.6 Å². The van der Waals surface area contributed by atoms with Gasteiger partial charge in [-0.25, -0.2) is 4.39 Å². The van der Waals surface area contributed by atoms with E-state index < -0.39 is 0 Å². The largest absolute Gasteiger partial charge is 0.313 e. The van der Waals surface area contributed by atoms with Crippen LogP contribution in [0, 0.1) is 5.82 Å². The highest BCUT2D eigenvalue weighted by atomic mass is 35.5. The van der Waals surface area contributed by atoms with Gasteiger partial charge >= 0.3 is 0 Å². The minimum Gasteiger partial charge on any atom is -0.313 e. The van der Waals surface area contributed by atoms with Gasteiger partial charge in [-0.05, 0) is 37.2 Å². The number of benzene rings is 1. The number of hydrogen-bond donors (Lipinski definition) is 1. The van der Waals surface area contributed by atoms with Crippen LogP contribution in [0.4, 0.5) is 4.39 Å². The summed E-state index contributed by atoms with van der Waals surface area (Å²) in [6.07, 6.45) is 3.74. The van der Waals surface area contributed by atoms with Crippen LogP contribution in [-0.2, 0) is 6.42 Å². The van der Waals surface area contributed by atoms with E-state index in [2.05, 4.69) is 15.5 Å². The third-order valence-corrected chi connectivity index (χ3v) is 3.18. The Labute approximate surface area is 110 Å². The Hall–Kier alpha value is -1.52. The molecule has 1 N–H and O–H groups in total. The molecule has 0 bridgehead atoms. The van der Waals surface area contributed by atoms with E-state index >= 15 is 0 Å². The Bertz CT molecular complexity index is 499. The van der Waals surface area contributed by atoms with Crippen LogP contribution in [0.3, 0.4) is 0 Å². The van der Waals surface area contributed by atoms with Crippen LogP contribution in [0.1, 0.15) is 17.2 Å². The molecule has 18 heavy (non-hydrogen) atoms. The maximum atomic E-state index is 13.7. The molecule has 1 aromatic carbocycles. The summed E-state index contributed by atoms with van der Waals surface area (Å²) in [7, 11) is 1.82. The van der Waals surface area contributed by atoms with Crippen LogP contribution in [-0.4, -0.2) is 17.2 Å². The smallest absolute Gasteiger partial charge is 0.127 e. The second-order valence-electron chi connectivity index (χ2n) is 3.92. The van der Waals surface area contributed by atoms with Gasteiger partial charge in [0.25, 0.3) is 0 Å². The first kappa shape index (κ1) is 12.9. The summed E-state index contributed by atoms with van der Waals surface area (Å²) in [6.45, 7) is 0. The minimum absolute atomic E-state index is 0.0464. The first-order valence-electron chi connectivity index (χ1n) is 5.59. The van der Waals surface area contributed by atoms with Gasteiger partial charge in [0.05, 0.1) is 6.20 Å². The predicted molar refractivity (Wildman–Crippen MR) is 68.9 cm³/mol. The van der Waals surface area contributed by atoms with E-state index in [1.807, 2.05) is 13.1 Å². The van der Waals surface area contributed by atoms with Gasteiger partial charge in [0.15, 0.2) is 0 Å². The highest BCUT2D eigenvalue weighted by Crippen LogP contribution is 2.25. The van der Waals surface area contributed by atoms with Gasteiger partial charge in [-0.1, -0.05) is 17.7 Å².